The average Bonchev–Trinajstić information content (AvgIpc) is 2.38. The molecule has 1 amide bonds. The van der Waals surface area contributed by atoms with Crippen molar-refractivity contribution in [3.8, 4) is 5.88 Å². The first-order valence-corrected chi connectivity index (χ1v) is 6.27. The minimum Gasteiger partial charge on any atom is -0.478 e. The van der Waals surface area contributed by atoms with Crippen LogP contribution >= 0.6 is 0 Å². The molecular weight excluding hydrogens is 230 g/mol. The van der Waals surface area contributed by atoms with E-state index >= 15 is 0 Å². The van der Waals surface area contributed by atoms with E-state index in [0.29, 0.717) is 12.5 Å². The smallest absolute Gasteiger partial charge is 0.239 e. The Morgan fingerprint density at radius 1 is 1.44 bits per heavy atom. The Bertz CT molecular complexity index is 365. The van der Waals surface area contributed by atoms with E-state index in [2.05, 4.69) is 15.6 Å². The molecule has 2 N–H and O–H groups in total. The number of carbonyl (C=O) groups is 1. The zero-order valence-electron chi connectivity index (χ0n) is 11.2. The third kappa shape index (κ3) is 5.03. The molecule has 1 atom stereocenters. The van der Waals surface area contributed by atoms with Crippen LogP contribution in [0.5, 0.6) is 5.88 Å². The highest BCUT2D eigenvalue weighted by molar-refractivity contribution is 5.80. The van der Waals surface area contributed by atoms with Gasteiger partial charge >= 0.3 is 0 Å². The second-order valence-corrected chi connectivity index (χ2v) is 4.05. The van der Waals surface area contributed by atoms with Crippen LogP contribution < -0.4 is 15.4 Å². The molecule has 100 valence electrons. The standard InChI is InChI=1S/C13H21N3O2/c1-4-10(3)16-12(17)9-14-11-6-7-13(15-8-11)18-5-2/h6-8,10,14H,4-5,9H2,1-3H3,(H,16,17). The molecule has 0 aliphatic carbocycles. The highest BCUT2D eigenvalue weighted by Crippen LogP contribution is 2.10. The fourth-order valence-corrected chi connectivity index (χ4v) is 1.33. The second-order valence-electron chi connectivity index (χ2n) is 4.05. The van der Waals surface area contributed by atoms with Crippen LogP contribution in [0.2, 0.25) is 0 Å². The molecule has 0 spiro atoms. The summed E-state index contributed by atoms with van der Waals surface area (Å²) in [5.41, 5.74) is 0.803. The Kier molecular flexibility index (Phi) is 5.97. The number of hydrogen-bond acceptors (Lipinski definition) is 4. The normalized spacial score (nSPS) is 11.7. The molecular formula is C13H21N3O2. The lowest BCUT2D eigenvalue weighted by Crippen LogP contribution is -2.36. The lowest BCUT2D eigenvalue weighted by atomic mass is 10.2. The van der Waals surface area contributed by atoms with Crippen LogP contribution in [0.3, 0.4) is 0 Å². The third-order valence-corrected chi connectivity index (χ3v) is 2.50. The van der Waals surface area contributed by atoms with Crippen molar-refractivity contribution in [2.24, 2.45) is 0 Å². The molecule has 1 heterocycles. The van der Waals surface area contributed by atoms with Crippen molar-refractivity contribution in [1.82, 2.24) is 10.3 Å². The van der Waals surface area contributed by atoms with Gasteiger partial charge in [0, 0.05) is 12.1 Å². The summed E-state index contributed by atoms with van der Waals surface area (Å²) in [5.74, 6) is 0.574. The molecule has 1 aromatic heterocycles. The number of aromatic nitrogens is 1. The van der Waals surface area contributed by atoms with Crippen LogP contribution in [-0.4, -0.2) is 30.1 Å². The first-order valence-electron chi connectivity index (χ1n) is 6.27. The predicted molar refractivity (Wildman–Crippen MR) is 71.8 cm³/mol. The van der Waals surface area contributed by atoms with E-state index < -0.39 is 0 Å². The first-order chi connectivity index (χ1) is 8.65. The van der Waals surface area contributed by atoms with Gasteiger partial charge in [-0.1, -0.05) is 6.92 Å². The number of carbonyl (C=O) groups excluding carboxylic acids is 1. The molecule has 0 aromatic carbocycles. The molecule has 5 heteroatoms. The lowest BCUT2D eigenvalue weighted by Gasteiger charge is -2.12. The summed E-state index contributed by atoms with van der Waals surface area (Å²) in [7, 11) is 0. The molecule has 1 aromatic rings. The summed E-state index contributed by atoms with van der Waals surface area (Å²) in [6.45, 7) is 6.77. The van der Waals surface area contributed by atoms with Gasteiger partial charge < -0.3 is 15.4 Å². The van der Waals surface area contributed by atoms with Crippen molar-refractivity contribution in [2.75, 3.05) is 18.5 Å². The van der Waals surface area contributed by atoms with E-state index in [-0.39, 0.29) is 18.5 Å². The zero-order valence-corrected chi connectivity index (χ0v) is 11.2. The summed E-state index contributed by atoms with van der Waals surface area (Å²) >= 11 is 0. The van der Waals surface area contributed by atoms with Gasteiger partial charge in [-0.2, -0.15) is 0 Å². The molecule has 0 aliphatic rings. The van der Waals surface area contributed by atoms with Crippen LogP contribution in [0, 0.1) is 0 Å². The molecule has 1 unspecified atom stereocenters. The van der Waals surface area contributed by atoms with Crippen molar-refractivity contribution in [2.45, 2.75) is 33.2 Å². The van der Waals surface area contributed by atoms with Crippen molar-refractivity contribution in [3.05, 3.63) is 18.3 Å². The Morgan fingerprint density at radius 2 is 2.22 bits per heavy atom. The van der Waals surface area contributed by atoms with E-state index in [9.17, 15) is 4.79 Å². The lowest BCUT2D eigenvalue weighted by molar-refractivity contribution is -0.120. The van der Waals surface area contributed by atoms with Crippen molar-refractivity contribution in [1.29, 1.82) is 0 Å². The topological polar surface area (TPSA) is 63.2 Å². The maximum absolute atomic E-state index is 11.5. The fourth-order valence-electron chi connectivity index (χ4n) is 1.33. The number of amides is 1. The van der Waals surface area contributed by atoms with Gasteiger partial charge in [0.15, 0.2) is 0 Å². The number of ether oxygens (including phenoxy) is 1. The summed E-state index contributed by atoms with van der Waals surface area (Å²) < 4.78 is 5.24. The number of nitrogens with zero attached hydrogens (tertiary/aromatic N) is 1. The van der Waals surface area contributed by atoms with Crippen LogP contribution in [0.15, 0.2) is 18.3 Å². The van der Waals surface area contributed by atoms with Crippen molar-refractivity contribution < 1.29 is 9.53 Å². The number of nitrogens with one attached hydrogen (secondary N) is 2. The largest absolute Gasteiger partial charge is 0.478 e. The number of anilines is 1. The quantitative estimate of drug-likeness (QED) is 0.775. The average molecular weight is 251 g/mol. The number of rotatable bonds is 7. The van der Waals surface area contributed by atoms with Crippen molar-refractivity contribution >= 4 is 11.6 Å². The summed E-state index contributed by atoms with van der Waals surface area (Å²) in [5, 5.41) is 5.90. The van der Waals surface area contributed by atoms with E-state index in [0.717, 1.165) is 12.1 Å². The van der Waals surface area contributed by atoms with Crippen LogP contribution in [0.25, 0.3) is 0 Å². The molecule has 18 heavy (non-hydrogen) atoms. The molecule has 0 saturated carbocycles. The fraction of sp³-hybridized carbons (Fsp3) is 0.538. The SMILES string of the molecule is CCOc1ccc(NCC(=O)NC(C)CC)cn1. The van der Waals surface area contributed by atoms with E-state index in [1.54, 1.807) is 12.3 Å². The maximum Gasteiger partial charge on any atom is 0.239 e. The third-order valence-electron chi connectivity index (χ3n) is 2.50. The van der Waals surface area contributed by atoms with Gasteiger partial charge in [0.1, 0.15) is 0 Å². The highest BCUT2D eigenvalue weighted by atomic mass is 16.5. The Hall–Kier alpha value is -1.78. The van der Waals surface area contributed by atoms with Gasteiger partial charge in [-0.05, 0) is 26.3 Å². The van der Waals surface area contributed by atoms with Crippen molar-refractivity contribution in [3.63, 3.8) is 0 Å². The van der Waals surface area contributed by atoms with E-state index in [1.807, 2.05) is 26.8 Å². The highest BCUT2D eigenvalue weighted by Gasteiger charge is 2.05. The van der Waals surface area contributed by atoms with Gasteiger partial charge in [-0.25, -0.2) is 4.98 Å². The predicted octanol–water partition coefficient (Wildman–Crippen LogP) is 1.81. The summed E-state index contributed by atoms with van der Waals surface area (Å²) in [6.07, 6.45) is 2.58. The van der Waals surface area contributed by atoms with Gasteiger partial charge in [-0.15, -0.1) is 0 Å². The molecule has 0 saturated heterocycles. The monoisotopic (exact) mass is 251 g/mol. The van der Waals surface area contributed by atoms with Gasteiger partial charge in [0.05, 0.1) is 25.0 Å². The van der Waals surface area contributed by atoms with Crippen LogP contribution in [0.1, 0.15) is 27.2 Å². The summed E-state index contributed by atoms with van der Waals surface area (Å²) in [4.78, 5) is 15.6. The van der Waals surface area contributed by atoms with Crippen LogP contribution in [-0.2, 0) is 4.79 Å². The van der Waals surface area contributed by atoms with Gasteiger partial charge in [-0.3, -0.25) is 4.79 Å². The minimum atomic E-state index is -0.0155. The number of pyridine rings is 1. The molecule has 1 rings (SSSR count). The molecule has 5 nitrogen and oxygen atoms in total. The molecule has 0 fully saturated rings. The van der Waals surface area contributed by atoms with Gasteiger partial charge in [0.25, 0.3) is 0 Å². The van der Waals surface area contributed by atoms with E-state index in [4.69, 9.17) is 4.74 Å². The van der Waals surface area contributed by atoms with E-state index in [1.165, 1.54) is 0 Å². The second kappa shape index (κ2) is 7.53. The van der Waals surface area contributed by atoms with Gasteiger partial charge in [0.2, 0.25) is 11.8 Å². The Balaban J connectivity index is 2.36. The molecule has 0 bridgehead atoms. The first kappa shape index (κ1) is 14.3. The number of hydrogen-bond donors (Lipinski definition) is 2. The maximum atomic E-state index is 11.5. The Labute approximate surface area is 108 Å². The minimum absolute atomic E-state index is 0.0155. The zero-order chi connectivity index (χ0) is 13.4. The summed E-state index contributed by atoms with van der Waals surface area (Å²) in [6, 6.07) is 3.82. The molecule has 0 aliphatic heterocycles. The Morgan fingerprint density at radius 3 is 2.78 bits per heavy atom. The molecule has 0 radical (unpaired) electrons. The van der Waals surface area contributed by atoms with Crippen LogP contribution in [0.4, 0.5) is 5.69 Å².